The number of nitrogens with one attached hydrogen (secondary N) is 1. The Bertz CT molecular complexity index is 779. The molecule has 1 aromatic heterocycles. The zero-order chi connectivity index (χ0) is 18.0. The number of carbonyl (C=O) groups excluding carboxylic acids is 1. The second-order valence-corrected chi connectivity index (χ2v) is 6.44. The highest BCUT2D eigenvalue weighted by Gasteiger charge is 2.45. The molecule has 7 heteroatoms. The first-order valence-electron chi connectivity index (χ1n) is 8.27. The van der Waals surface area contributed by atoms with Crippen LogP contribution in [0.4, 0.5) is 4.39 Å². The molecule has 0 unspecified atom stereocenters. The van der Waals surface area contributed by atoms with Gasteiger partial charge in [-0.25, -0.2) is 9.18 Å². The number of carboxylic acid groups (broad SMARTS) is 1. The smallest absolute Gasteiger partial charge is 0.329 e. The minimum Gasteiger partial charge on any atom is -0.479 e. The van der Waals surface area contributed by atoms with Crippen molar-refractivity contribution in [3.05, 3.63) is 41.8 Å². The minimum atomic E-state index is -1.17. The molecule has 1 heterocycles. The number of hydrogen-bond acceptors (Lipinski definition) is 3. The number of nitrogens with zero attached hydrogens (tertiary/aromatic N) is 2. The SMILES string of the molecule is CN(C(=O)c1cc(-c2ccc(F)cc2)n[nH]1)C1(C(=O)O)CCCCC1. The van der Waals surface area contributed by atoms with Crippen LogP contribution < -0.4 is 0 Å². The molecule has 0 saturated heterocycles. The first-order chi connectivity index (χ1) is 11.9. The quantitative estimate of drug-likeness (QED) is 0.891. The highest BCUT2D eigenvalue weighted by Crippen LogP contribution is 2.34. The van der Waals surface area contributed by atoms with E-state index in [4.69, 9.17) is 0 Å². The van der Waals surface area contributed by atoms with Crippen LogP contribution in [0.5, 0.6) is 0 Å². The van der Waals surface area contributed by atoms with Gasteiger partial charge in [0.25, 0.3) is 5.91 Å². The van der Waals surface area contributed by atoms with E-state index in [-0.39, 0.29) is 11.5 Å². The van der Waals surface area contributed by atoms with Crippen LogP contribution in [0.2, 0.25) is 0 Å². The van der Waals surface area contributed by atoms with E-state index >= 15 is 0 Å². The number of aromatic amines is 1. The van der Waals surface area contributed by atoms with Crippen LogP contribution in [-0.2, 0) is 4.79 Å². The lowest BCUT2D eigenvalue weighted by Crippen LogP contribution is -2.56. The van der Waals surface area contributed by atoms with E-state index in [2.05, 4.69) is 10.2 Å². The maximum absolute atomic E-state index is 13.0. The number of aromatic nitrogens is 2. The number of benzene rings is 1. The van der Waals surface area contributed by atoms with Gasteiger partial charge in [0.15, 0.2) is 0 Å². The summed E-state index contributed by atoms with van der Waals surface area (Å²) < 4.78 is 13.0. The van der Waals surface area contributed by atoms with Crippen molar-refractivity contribution in [2.75, 3.05) is 7.05 Å². The van der Waals surface area contributed by atoms with E-state index in [1.54, 1.807) is 18.2 Å². The van der Waals surface area contributed by atoms with Crippen LogP contribution in [-0.4, -0.2) is 44.7 Å². The molecule has 0 spiro atoms. The summed E-state index contributed by atoms with van der Waals surface area (Å²) in [7, 11) is 1.53. The predicted molar refractivity (Wildman–Crippen MR) is 89.5 cm³/mol. The van der Waals surface area contributed by atoms with Gasteiger partial charge in [-0.2, -0.15) is 5.10 Å². The van der Waals surface area contributed by atoms with Gasteiger partial charge in [0, 0.05) is 12.6 Å². The summed E-state index contributed by atoms with van der Waals surface area (Å²) in [5.74, 6) is -1.73. The Hall–Kier alpha value is -2.70. The van der Waals surface area contributed by atoms with Crippen molar-refractivity contribution in [3.8, 4) is 11.3 Å². The van der Waals surface area contributed by atoms with E-state index in [1.807, 2.05) is 0 Å². The molecular formula is C18H20FN3O3. The van der Waals surface area contributed by atoms with Gasteiger partial charge in [-0.05, 0) is 43.2 Å². The van der Waals surface area contributed by atoms with Gasteiger partial charge in [-0.3, -0.25) is 9.89 Å². The van der Waals surface area contributed by atoms with Crippen LogP contribution in [0, 0.1) is 5.82 Å². The Morgan fingerprint density at radius 3 is 2.44 bits per heavy atom. The topological polar surface area (TPSA) is 86.3 Å². The number of rotatable bonds is 4. The Labute approximate surface area is 144 Å². The van der Waals surface area contributed by atoms with Gasteiger partial charge in [-0.15, -0.1) is 0 Å². The maximum Gasteiger partial charge on any atom is 0.329 e. The maximum atomic E-state index is 13.0. The largest absolute Gasteiger partial charge is 0.479 e. The molecule has 0 radical (unpaired) electrons. The Kier molecular flexibility index (Phi) is 4.57. The summed E-state index contributed by atoms with van der Waals surface area (Å²) in [6.45, 7) is 0. The van der Waals surface area contributed by atoms with Crippen LogP contribution in [0.1, 0.15) is 42.6 Å². The lowest BCUT2D eigenvalue weighted by Gasteiger charge is -2.40. The molecule has 1 aromatic carbocycles. The molecule has 0 atom stereocenters. The van der Waals surface area contributed by atoms with Crippen molar-refractivity contribution in [1.82, 2.24) is 15.1 Å². The molecule has 1 fully saturated rings. The number of carboxylic acids is 1. The third kappa shape index (κ3) is 3.14. The molecule has 1 saturated carbocycles. The molecule has 0 aliphatic heterocycles. The van der Waals surface area contributed by atoms with E-state index in [9.17, 15) is 19.1 Å². The molecule has 6 nitrogen and oxygen atoms in total. The van der Waals surface area contributed by atoms with Gasteiger partial charge in [-0.1, -0.05) is 19.3 Å². The summed E-state index contributed by atoms with van der Waals surface area (Å²) in [4.78, 5) is 26.0. The van der Waals surface area contributed by atoms with Gasteiger partial charge >= 0.3 is 5.97 Å². The van der Waals surface area contributed by atoms with Gasteiger partial charge in [0.2, 0.25) is 0 Å². The van der Waals surface area contributed by atoms with Gasteiger partial charge in [0.05, 0.1) is 5.69 Å². The molecule has 3 rings (SSSR count). The fraction of sp³-hybridized carbons (Fsp3) is 0.389. The zero-order valence-electron chi connectivity index (χ0n) is 14.0. The van der Waals surface area contributed by atoms with Crippen LogP contribution in [0.3, 0.4) is 0 Å². The summed E-state index contributed by atoms with van der Waals surface area (Å²) in [6, 6.07) is 7.34. The third-order valence-electron chi connectivity index (χ3n) is 4.97. The first kappa shape index (κ1) is 17.1. The number of H-pyrrole nitrogens is 1. The van der Waals surface area contributed by atoms with Crippen molar-refractivity contribution in [2.45, 2.75) is 37.6 Å². The van der Waals surface area contributed by atoms with Crippen molar-refractivity contribution >= 4 is 11.9 Å². The van der Waals surface area contributed by atoms with Crippen molar-refractivity contribution in [1.29, 1.82) is 0 Å². The molecule has 132 valence electrons. The minimum absolute atomic E-state index is 0.216. The number of aliphatic carboxylic acids is 1. The standard InChI is InChI=1S/C18H20FN3O3/c1-22(18(17(24)25)9-3-2-4-10-18)16(23)15-11-14(20-21-15)12-5-7-13(19)8-6-12/h5-8,11H,2-4,9-10H2,1H3,(H,20,21)(H,24,25). The average molecular weight is 345 g/mol. The third-order valence-corrected chi connectivity index (χ3v) is 4.97. The molecule has 1 aliphatic rings. The number of halogens is 1. The summed E-state index contributed by atoms with van der Waals surface area (Å²) in [5, 5.41) is 16.5. The first-order valence-corrected chi connectivity index (χ1v) is 8.27. The van der Waals surface area contributed by atoms with E-state index in [0.29, 0.717) is 24.1 Å². The van der Waals surface area contributed by atoms with Crippen molar-refractivity contribution in [3.63, 3.8) is 0 Å². The number of carbonyl (C=O) groups is 2. The lowest BCUT2D eigenvalue weighted by atomic mass is 9.80. The summed E-state index contributed by atoms with van der Waals surface area (Å²) >= 11 is 0. The summed E-state index contributed by atoms with van der Waals surface area (Å²) in [6.07, 6.45) is 3.45. The van der Waals surface area contributed by atoms with E-state index < -0.39 is 17.4 Å². The molecule has 1 amide bonds. The molecule has 2 N–H and O–H groups in total. The second-order valence-electron chi connectivity index (χ2n) is 6.44. The Balaban J connectivity index is 1.85. The number of amides is 1. The average Bonchev–Trinajstić information content (AvgIpc) is 3.11. The molecule has 0 bridgehead atoms. The van der Waals surface area contributed by atoms with Crippen molar-refractivity contribution in [2.24, 2.45) is 0 Å². The fourth-order valence-corrected chi connectivity index (χ4v) is 3.40. The summed E-state index contributed by atoms with van der Waals surface area (Å²) in [5.41, 5.74) is 0.221. The van der Waals surface area contributed by atoms with Gasteiger partial charge < -0.3 is 10.0 Å². The Morgan fingerprint density at radius 2 is 1.84 bits per heavy atom. The van der Waals surface area contributed by atoms with E-state index in [0.717, 1.165) is 19.3 Å². The van der Waals surface area contributed by atoms with E-state index in [1.165, 1.54) is 24.1 Å². The second kappa shape index (κ2) is 6.66. The lowest BCUT2D eigenvalue weighted by molar-refractivity contribution is -0.151. The predicted octanol–water partition coefficient (Wildman–Crippen LogP) is 3.08. The monoisotopic (exact) mass is 345 g/mol. The highest BCUT2D eigenvalue weighted by atomic mass is 19.1. The van der Waals surface area contributed by atoms with Crippen LogP contribution in [0.15, 0.2) is 30.3 Å². The molecule has 1 aliphatic carbocycles. The van der Waals surface area contributed by atoms with Crippen LogP contribution >= 0.6 is 0 Å². The number of hydrogen-bond donors (Lipinski definition) is 2. The van der Waals surface area contributed by atoms with Crippen LogP contribution in [0.25, 0.3) is 11.3 Å². The zero-order valence-corrected chi connectivity index (χ0v) is 14.0. The highest BCUT2D eigenvalue weighted by molar-refractivity contribution is 5.97. The van der Waals surface area contributed by atoms with Gasteiger partial charge in [0.1, 0.15) is 17.1 Å². The molecular weight excluding hydrogens is 325 g/mol. The normalized spacial score (nSPS) is 16.4. The fourth-order valence-electron chi connectivity index (χ4n) is 3.40. The Morgan fingerprint density at radius 1 is 1.20 bits per heavy atom. The number of likely N-dealkylation sites (N-methyl/N-ethyl adjacent to an activating group) is 1. The molecule has 25 heavy (non-hydrogen) atoms. The van der Waals surface area contributed by atoms with Crippen molar-refractivity contribution < 1.29 is 19.1 Å². The molecule has 2 aromatic rings.